The molecule has 17 heavy (non-hydrogen) atoms. The van der Waals surface area contributed by atoms with Crippen LogP contribution in [-0.2, 0) is 12.4 Å². The molecule has 2 heterocycles. The van der Waals surface area contributed by atoms with Gasteiger partial charge in [0, 0.05) is 10.9 Å². The molecule has 0 saturated carbocycles. The Kier molecular flexibility index (Phi) is 4.07. The Bertz CT molecular complexity index is 453. The minimum absolute atomic E-state index is 0.332. The average molecular weight is 271 g/mol. The van der Waals surface area contributed by atoms with Crippen molar-refractivity contribution < 1.29 is 4.42 Å². The number of oxazole rings is 1. The summed E-state index contributed by atoms with van der Waals surface area (Å²) in [5, 5.41) is 2.08. The van der Waals surface area contributed by atoms with Crippen molar-refractivity contribution in [3.05, 3.63) is 34.3 Å². The lowest BCUT2D eigenvalue weighted by atomic mass is 10.3. The van der Waals surface area contributed by atoms with E-state index in [-0.39, 0.29) is 0 Å². The fourth-order valence-electron chi connectivity index (χ4n) is 1.53. The highest BCUT2D eigenvalue weighted by atomic mass is 35.5. The molecular formula is C12H15ClN2OS. The van der Waals surface area contributed by atoms with Gasteiger partial charge in [0.1, 0.15) is 6.26 Å². The first-order chi connectivity index (χ1) is 8.20. The first-order valence-electron chi connectivity index (χ1n) is 5.50. The summed E-state index contributed by atoms with van der Waals surface area (Å²) in [5.41, 5.74) is 0.776. The van der Waals surface area contributed by atoms with Crippen LogP contribution in [0.5, 0.6) is 0 Å². The second-order valence-corrected chi connectivity index (χ2v) is 5.36. The van der Waals surface area contributed by atoms with Gasteiger partial charge in [-0.15, -0.1) is 22.9 Å². The van der Waals surface area contributed by atoms with E-state index in [2.05, 4.69) is 41.2 Å². The third-order valence-electron chi connectivity index (χ3n) is 2.45. The van der Waals surface area contributed by atoms with Gasteiger partial charge in [-0.2, -0.15) is 4.98 Å². The highest BCUT2D eigenvalue weighted by Crippen LogP contribution is 2.21. The predicted octanol–water partition coefficient (Wildman–Crippen LogP) is 3.89. The predicted molar refractivity (Wildman–Crippen MR) is 71.7 cm³/mol. The maximum absolute atomic E-state index is 5.73. The highest BCUT2D eigenvalue weighted by Gasteiger charge is 2.17. The molecule has 0 fully saturated rings. The molecule has 0 aliphatic rings. The van der Waals surface area contributed by atoms with Crippen molar-refractivity contribution in [3.8, 4) is 0 Å². The largest absolute Gasteiger partial charge is 0.432 e. The van der Waals surface area contributed by atoms with Crippen molar-refractivity contribution in [2.24, 2.45) is 0 Å². The number of nitrogens with zero attached hydrogens (tertiary/aromatic N) is 2. The SMILES string of the molecule is CC(C)N(Cc1cccs1)c1nc(CCl)co1. The summed E-state index contributed by atoms with van der Waals surface area (Å²) >= 11 is 7.47. The van der Waals surface area contributed by atoms with Crippen LogP contribution in [0.3, 0.4) is 0 Å². The monoisotopic (exact) mass is 270 g/mol. The summed E-state index contributed by atoms with van der Waals surface area (Å²) in [6, 6.07) is 5.15. The summed E-state index contributed by atoms with van der Waals surface area (Å²) < 4.78 is 5.46. The average Bonchev–Trinajstić information content (AvgIpc) is 2.96. The van der Waals surface area contributed by atoms with Crippen LogP contribution in [0.15, 0.2) is 28.2 Å². The van der Waals surface area contributed by atoms with Gasteiger partial charge in [0.25, 0.3) is 6.01 Å². The van der Waals surface area contributed by atoms with Crippen LogP contribution in [0, 0.1) is 0 Å². The van der Waals surface area contributed by atoms with E-state index in [0.717, 1.165) is 12.2 Å². The number of hydrogen-bond acceptors (Lipinski definition) is 4. The minimum Gasteiger partial charge on any atom is -0.432 e. The molecule has 0 aliphatic heterocycles. The van der Waals surface area contributed by atoms with Crippen molar-refractivity contribution in [2.45, 2.75) is 32.3 Å². The molecule has 5 heteroatoms. The Hall–Kier alpha value is -1.00. The molecule has 2 rings (SSSR count). The molecule has 0 saturated heterocycles. The van der Waals surface area contributed by atoms with Gasteiger partial charge in [0.05, 0.1) is 18.1 Å². The zero-order valence-electron chi connectivity index (χ0n) is 9.89. The summed E-state index contributed by atoms with van der Waals surface area (Å²) in [4.78, 5) is 7.79. The molecule has 0 aliphatic carbocycles. The fourth-order valence-corrected chi connectivity index (χ4v) is 2.36. The first-order valence-corrected chi connectivity index (χ1v) is 6.91. The van der Waals surface area contributed by atoms with Crippen molar-refractivity contribution in [3.63, 3.8) is 0 Å². The Balaban J connectivity index is 2.17. The van der Waals surface area contributed by atoms with Gasteiger partial charge >= 0.3 is 0 Å². The quantitative estimate of drug-likeness (QED) is 0.772. The van der Waals surface area contributed by atoms with Gasteiger partial charge in [0.15, 0.2) is 0 Å². The molecule has 2 aromatic heterocycles. The van der Waals surface area contributed by atoms with Gasteiger partial charge < -0.3 is 9.32 Å². The Morgan fingerprint density at radius 1 is 1.53 bits per heavy atom. The Morgan fingerprint density at radius 2 is 2.35 bits per heavy atom. The van der Waals surface area contributed by atoms with E-state index < -0.39 is 0 Å². The number of hydrogen-bond donors (Lipinski definition) is 0. The molecule has 0 radical (unpaired) electrons. The third kappa shape index (κ3) is 3.01. The van der Waals surface area contributed by atoms with Gasteiger partial charge in [-0.05, 0) is 25.3 Å². The molecule has 3 nitrogen and oxygen atoms in total. The van der Waals surface area contributed by atoms with Crippen LogP contribution in [0.4, 0.5) is 6.01 Å². The van der Waals surface area contributed by atoms with Gasteiger partial charge in [-0.1, -0.05) is 6.07 Å². The van der Waals surface area contributed by atoms with Crippen molar-refractivity contribution in [1.82, 2.24) is 4.98 Å². The molecule has 0 N–H and O–H groups in total. The number of halogens is 1. The number of thiophene rings is 1. The van der Waals surface area contributed by atoms with Crippen LogP contribution < -0.4 is 4.90 Å². The summed E-state index contributed by atoms with van der Waals surface area (Å²) in [6.07, 6.45) is 1.62. The summed E-state index contributed by atoms with van der Waals surface area (Å²) in [6.45, 7) is 5.06. The summed E-state index contributed by atoms with van der Waals surface area (Å²) in [7, 11) is 0. The van der Waals surface area contributed by atoms with Crippen LogP contribution >= 0.6 is 22.9 Å². The standard InChI is InChI=1S/C12H15ClN2OS/c1-9(2)15(7-11-4-3-5-17-11)12-14-10(6-13)8-16-12/h3-5,8-9H,6-7H2,1-2H3. The molecule has 2 aromatic rings. The van der Waals surface area contributed by atoms with E-state index in [0.29, 0.717) is 17.9 Å². The van der Waals surface area contributed by atoms with Gasteiger partial charge in [-0.25, -0.2) is 0 Å². The van der Waals surface area contributed by atoms with Crippen molar-refractivity contribution in [1.29, 1.82) is 0 Å². The van der Waals surface area contributed by atoms with Crippen LogP contribution in [0.25, 0.3) is 0 Å². The second kappa shape index (κ2) is 5.56. The molecule has 0 spiro atoms. The van der Waals surface area contributed by atoms with E-state index in [1.165, 1.54) is 4.88 Å². The molecule has 92 valence electrons. The van der Waals surface area contributed by atoms with E-state index in [9.17, 15) is 0 Å². The van der Waals surface area contributed by atoms with E-state index in [1.807, 2.05) is 0 Å². The van der Waals surface area contributed by atoms with E-state index in [4.69, 9.17) is 16.0 Å². The smallest absolute Gasteiger partial charge is 0.298 e. The van der Waals surface area contributed by atoms with Gasteiger partial charge in [0.2, 0.25) is 0 Å². The molecule has 0 unspecified atom stereocenters. The highest BCUT2D eigenvalue weighted by molar-refractivity contribution is 7.09. The summed E-state index contributed by atoms with van der Waals surface area (Å²) in [5.74, 6) is 0.383. The molecule has 0 atom stereocenters. The van der Waals surface area contributed by atoms with E-state index in [1.54, 1.807) is 17.6 Å². The maximum atomic E-state index is 5.73. The maximum Gasteiger partial charge on any atom is 0.298 e. The molecule has 0 amide bonds. The number of alkyl halides is 1. The topological polar surface area (TPSA) is 29.3 Å². The third-order valence-corrected chi connectivity index (χ3v) is 3.59. The zero-order chi connectivity index (χ0) is 12.3. The normalized spacial score (nSPS) is 11.1. The Labute approximate surface area is 110 Å². The molecular weight excluding hydrogens is 256 g/mol. The number of aromatic nitrogens is 1. The van der Waals surface area contributed by atoms with Gasteiger partial charge in [-0.3, -0.25) is 0 Å². The molecule has 0 aromatic carbocycles. The lowest BCUT2D eigenvalue weighted by Gasteiger charge is -2.24. The zero-order valence-corrected chi connectivity index (χ0v) is 11.5. The number of rotatable bonds is 5. The fraction of sp³-hybridized carbons (Fsp3) is 0.417. The lowest BCUT2D eigenvalue weighted by molar-refractivity contribution is 0.510. The van der Waals surface area contributed by atoms with Crippen LogP contribution in [0.2, 0.25) is 0 Å². The van der Waals surface area contributed by atoms with Crippen molar-refractivity contribution in [2.75, 3.05) is 4.90 Å². The van der Waals surface area contributed by atoms with Crippen molar-refractivity contribution >= 4 is 29.0 Å². The number of anilines is 1. The Morgan fingerprint density at radius 3 is 2.88 bits per heavy atom. The lowest BCUT2D eigenvalue weighted by Crippen LogP contribution is -2.30. The second-order valence-electron chi connectivity index (χ2n) is 4.06. The first kappa shape index (κ1) is 12.5. The molecule has 0 bridgehead atoms. The minimum atomic E-state index is 0.332. The van der Waals surface area contributed by atoms with Crippen LogP contribution in [-0.4, -0.2) is 11.0 Å². The van der Waals surface area contributed by atoms with E-state index >= 15 is 0 Å². The van der Waals surface area contributed by atoms with Crippen LogP contribution in [0.1, 0.15) is 24.4 Å².